The van der Waals surface area contributed by atoms with Crippen LogP contribution >= 0.6 is 23.1 Å². The van der Waals surface area contributed by atoms with Crippen LogP contribution in [0.1, 0.15) is 43.7 Å². The summed E-state index contributed by atoms with van der Waals surface area (Å²) in [5.41, 5.74) is 2.06. The van der Waals surface area contributed by atoms with Crippen molar-refractivity contribution in [2.45, 2.75) is 45.3 Å². The van der Waals surface area contributed by atoms with Crippen molar-refractivity contribution in [3.63, 3.8) is 0 Å². The fourth-order valence-electron chi connectivity index (χ4n) is 3.75. The summed E-state index contributed by atoms with van der Waals surface area (Å²) in [7, 11) is 0. The van der Waals surface area contributed by atoms with E-state index in [4.69, 9.17) is 5.10 Å². The van der Waals surface area contributed by atoms with Gasteiger partial charge in [0.25, 0.3) is 0 Å². The fourth-order valence-corrected chi connectivity index (χ4v) is 5.35. The van der Waals surface area contributed by atoms with E-state index in [1.807, 2.05) is 4.68 Å². The molecule has 0 bridgehead atoms. The monoisotopic (exact) mass is 374 g/mol. The van der Waals surface area contributed by atoms with Gasteiger partial charge < -0.3 is 5.32 Å². The number of aryl methyl sites for hydroxylation is 1. The first kappa shape index (κ1) is 16.8. The molecule has 0 aromatic carbocycles. The maximum atomic E-state index is 13.1. The van der Waals surface area contributed by atoms with Gasteiger partial charge in [-0.15, -0.1) is 16.4 Å². The third-order valence-electron chi connectivity index (χ3n) is 4.75. The van der Waals surface area contributed by atoms with Crippen molar-refractivity contribution in [2.75, 3.05) is 11.1 Å². The van der Waals surface area contributed by atoms with Crippen molar-refractivity contribution in [1.82, 2.24) is 14.8 Å². The second-order valence-corrected chi connectivity index (χ2v) is 9.52. The zero-order valence-electron chi connectivity index (χ0n) is 14.9. The van der Waals surface area contributed by atoms with Gasteiger partial charge in [-0.05, 0) is 35.1 Å². The molecule has 7 heteroatoms. The average molecular weight is 375 g/mol. The zero-order chi connectivity index (χ0) is 17.8. The number of Topliss-reactive ketones (excluding diaryl/α,β-unsaturated/α-hetero) is 1. The lowest BCUT2D eigenvalue weighted by atomic mass is 9.72. The van der Waals surface area contributed by atoms with Crippen LogP contribution < -0.4 is 5.32 Å². The quantitative estimate of drug-likeness (QED) is 0.813. The van der Waals surface area contributed by atoms with Crippen LogP contribution in [-0.4, -0.2) is 26.3 Å². The first-order valence-corrected chi connectivity index (χ1v) is 10.4. The third-order valence-corrected chi connectivity index (χ3v) is 6.56. The molecule has 0 unspecified atom stereocenters. The summed E-state index contributed by atoms with van der Waals surface area (Å²) in [4.78, 5) is 18.9. The van der Waals surface area contributed by atoms with Crippen LogP contribution in [0, 0.1) is 18.3 Å². The van der Waals surface area contributed by atoms with Crippen LogP contribution in [0.15, 0.2) is 28.4 Å². The normalized spacial score (nSPS) is 24.3. The molecule has 25 heavy (non-hydrogen) atoms. The van der Waals surface area contributed by atoms with E-state index in [1.54, 1.807) is 23.1 Å². The van der Waals surface area contributed by atoms with Gasteiger partial charge in [0.05, 0.1) is 5.92 Å². The Balaban J connectivity index is 1.90. The SMILES string of the molecule is CCSc1nc2n(n1)[C@@H](c1sccc1C)[C@@H]1C(=O)CC(C)(C)C=C1N2. The number of hydrogen-bond donors (Lipinski definition) is 1. The highest BCUT2D eigenvalue weighted by molar-refractivity contribution is 7.99. The van der Waals surface area contributed by atoms with E-state index in [0.717, 1.165) is 22.6 Å². The number of thioether (sulfide) groups is 1. The first-order chi connectivity index (χ1) is 11.9. The topological polar surface area (TPSA) is 59.8 Å². The van der Waals surface area contributed by atoms with Gasteiger partial charge in [0.2, 0.25) is 11.1 Å². The number of nitrogens with zero attached hydrogens (tertiary/aromatic N) is 3. The van der Waals surface area contributed by atoms with Crippen molar-refractivity contribution in [1.29, 1.82) is 0 Å². The number of hydrogen-bond acceptors (Lipinski definition) is 6. The largest absolute Gasteiger partial charge is 0.328 e. The van der Waals surface area contributed by atoms with E-state index in [0.29, 0.717) is 6.42 Å². The van der Waals surface area contributed by atoms with E-state index in [1.165, 1.54) is 10.4 Å². The van der Waals surface area contributed by atoms with E-state index < -0.39 is 0 Å². The molecule has 0 spiro atoms. The molecule has 0 amide bonds. The Morgan fingerprint density at radius 1 is 1.48 bits per heavy atom. The number of thiophene rings is 1. The van der Waals surface area contributed by atoms with Crippen molar-refractivity contribution in [2.24, 2.45) is 11.3 Å². The molecule has 0 saturated carbocycles. The Kier molecular flexibility index (Phi) is 4.03. The van der Waals surface area contributed by atoms with Crippen molar-refractivity contribution < 1.29 is 4.79 Å². The minimum Gasteiger partial charge on any atom is -0.328 e. The molecule has 2 aromatic heterocycles. The van der Waals surface area contributed by atoms with Gasteiger partial charge in [-0.2, -0.15) is 4.98 Å². The number of rotatable bonds is 3. The number of fused-ring (bicyclic) bond motifs is 2. The molecule has 0 radical (unpaired) electrons. The number of carbonyl (C=O) groups is 1. The van der Waals surface area contributed by atoms with Crippen LogP contribution in [0.25, 0.3) is 0 Å². The van der Waals surface area contributed by atoms with E-state index in [2.05, 4.69) is 55.5 Å². The van der Waals surface area contributed by atoms with Gasteiger partial charge >= 0.3 is 0 Å². The minimum atomic E-state index is -0.209. The zero-order valence-corrected chi connectivity index (χ0v) is 16.5. The molecule has 3 heterocycles. The van der Waals surface area contributed by atoms with Gasteiger partial charge in [-0.1, -0.05) is 38.6 Å². The Morgan fingerprint density at radius 2 is 2.28 bits per heavy atom. The smallest absolute Gasteiger partial charge is 0.227 e. The summed E-state index contributed by atoms with van der Waals surface area (Å²) in [5.74, 6) is 1.73. The van der Waals surface area contributed by atoms with Crippen molar-refractivity contribution >= 4 is 34.8 Å². The standard InChI is InChI=1S/C18H22N4OS2/c1-5-24-17-20-16-19-11-8-18(3,4)9-12(23)13(11)14(22(16)21-17)15-10(2)6-7-25-15/h6-8,13-14H,5,9H2,1-4H3,(H,19,20,21)/t13-,14+/m0/s1. The molecule has 1 N–H and O–H groups in total. The van der Waals surface area contributed by atoms with Crippen LogP contribution in [-0.2, 0) is 4.79 Å². The number of anilines is 1. The van der Waals surface area contributed by atoms with Gasteiger partial charge in [-0.25, -0.2) is 4.68 Å². The minimum absolute atomic E-state index is 0.107. The average Bonchev–Trinajstić information content (AvgIpc) is 3.10. The summed E-state index contributed by atoms with van der Waals surface area (Å²) in [5, 5.41) is 11.0. The summed E-state index contributed by atoms with van der Waals surface area (Å²) >= 11 is 3.32. The van der Waals surface area contributed by atoms with E-state index in [9.17, 15) is 4.79 Å². The van der Waals surface area contributed by atoms with Crippen LogP contribution in [0.2, 0.25) is 0 Å². The van der Waals surface area contributed by atoms with Gasteiger partial charge in [0, 0.05) is 17.0 Å². The highest BCUT2D eigenvalue weighted by Gasteiger charge is 2.45. The highest BCUT2D eigenvalue weighted by Crippen LogP contribution is 2.47. The van der Waals surface area contributed by atoms with E-state index in [-0.39, 0.29) is 23.2 Å². The number of nitrogens with one attached hydrogen (secondary N) is 1. The molecule has 5 nitrogen and oxygen atoms in total. The number of aromatic nitrogens is 3. The number of allylic oxidation sites excluding steroid dienone is 2. The molecule has 132 valence electrons. The summed E-state index contributed by atoms with van der Waals surface area (Å²) < 4.78 is 1.93. The Morgan fingerprint density at radius 3 is 2.96 bits per heavy atom. The lowest BCUT2D eigenvalue weighted by Gasteiger charge is -2.39. The van der Waals surface area contributed by atoms with Crippen LogP contribution in [0.4, 0.5) is 5.95 Å². The molecular weight excluding hydrogens is 352 g/mol. The molecule has 4 rings (SSSR count). The molecule has 2 atom stereocenters. The molecule has 2 aliphatic rings. The lowest BCUT2D eigenvalue weighted by molar-refractivity contribution is -0.125. The Hall–Kier alpha value is -1.60. The summed E-state index contributed by atoms with van der Waals surface area (Å²) in [6, 6.07) is 2.01. The first-order valence-electron chi connectivity index (χ1n) is 8.55. The van der Waals surface area contributed by atoms with Gasteiger partial charge in [0.15, 0.2) is 0 Å². The van der Waals surface area contributed by atoms with Crippen molar-refractivity contribution in [3.05, 3.63) is 33.7 Å². The molecule has 2 aromatic rings. The van der Waals surface area contributed by atoms with Crippen molar-refractivity contribution in [3.8, 4) is 0 Å². The second kappa shape index (κ2) is 5.99. The van der Waals surface area contributed by atoms with Gasteiger partial charge in [0.1, 0.15) is 11.8 Å². The molecule has 1 aliphatic carbocycles. The second-order valence-electron chi connectivity index (χ2n) is 7.34. The van der Waals surface area contributed by atoms with E-state index >= 15 is 0 Å². The number of carbonyl (C=O) groups excluding carboxylic acids is 1. The predicted molar refractivity (Wildman–Crippen MR) is 102 cm³/mol. The maximum absolute atomic E-state index is 13.1. The van der Waals surface area contributed by atoms with Gasteiger partial charge in [-0.3, -0.25) is 4.79 Å². The summed E-state index contributed by atoms with van der Waals surface area (Å²) in [6.45, 7) is 8.41. The fraction of sp³-hybridized carbons (Fsp3) is 0.500. The molecule has 0 saturated heterocycles. The Labute approximate surface area is 155 Å². The third kappa shape index (κ3) is 2.83. The predicted octanol–water partition coefficient (Wildman–Crippen LogP) is 4.27. The molecule has 1 aliphatic heterocycles. The van der Waals surface area contributed by atoms with Crippen LogP contribution in [0.5, 0.6) is 0 Å². The summed E-state index contributed by atoms with van der Waals surface area (Å²) in [6.07, 6.45) is 2.77. The molecule has 0 fully saturated rings. The maximum Gasteiger partial charge on any atom is 0.227 e. The highest BCUT2D eigenvalue weighted by atomic mass is 32.2. The number of ketones is 1. The molecular formula is C18H22N4OS2. The Bertz CT molecular complexity index is 864. The lowest BCUT2D eigenvalue weighted by Crippen LogP contribution is -2.41. The van der Waals surface area contributed by atoms with Crippen LogP contribution in [0.3, 0.4) is 0 Å².